The van der Waals surface area contributed by atoms with Crippen LogP contribution in [0.25, 0.3) is 0 Å². The Balaban J connectivity index is 1.86. The van der Waals surface area contributed by atoms with E-state index in [1.807, 2.05) is 0 Å². The maximum absolute atomic E-state index is 2.52. The molecule has 1 saturated carbocycles. The number of hydrogen-bond acceptors (Lipinski definition) is 0. The van der Waals surface area contributed by atoms with E-state index >= 15 is 0 Å². The van der Waals surface area contributed by atoms with Gasteiger partial charge in [-0.1, -0.05) is 44.4 Å². The van der Waals surface area contributed by atoms with Gasteiger partial charge in [-0.3, -0.25) is 0 Å². The summed E-state index contributed by atoms with van der Waals surface area (Å²) in [5.74, 6) is 1.67. The van der Waals surface area contributed by atoms with Crippen molar-refractivity contribution >= 4 is 0 Å². The van der Waals surface area contributed by atoms with Gasteiger partial charge in [0.15, 0.2) is 0 Å². The number of hydrogen-bond donors (Lipinski definition) is 0. The third-order valence-corrected chi connectivity index (χ3v) is 4.62. The molecule has 1 aromatic rings. The first kappa shape index (κ1) is 10.4. The smallest absolute Gasteiger partial charge is 0.0162 e. The van der Waals surface area contributed by atoms with Gasteiger partial charge in [-0.25, -0.2) is 0 Å². The van der Waals surface area contributed by atoms with E-state index in [-0.39, 0.29) is 0 Å². The average Bonchev–Trinajstić information content (AvgIpc) is 2.72. The van der Waals surface area contributed by atoms with E-state index in [1.54, 1.807) is 16.7 Å². The predicted molar refractivity (Wildman–Crippen MR) is 69.0 cm³/mol. The van der Waals surface area contributed by atoms with Gasteiger partial charge in [0.2, 0.25) is 0 Å². The maximum Gasteiger partial charge on any atom is -0.0162 e. The van der Waals surface area contributed by atoms with Crippen LogP contribution in [0.15, 0.2) is 18.2 Å². The lowest BCUT2D eigenvalue weighted by atomic mass is 9.83. The van der Waals surface area contributed by atoms with Gasteiger partial charge in [0.25, 0.3) is 0 Å². The summed E-state index contributed by atoms with van der Waals surface area (Å²) in [6, 6.07) is 7.35. The molecule has 2 aliphatic rings. The molecule has 0 aliphatic heterocycles. The van der Waals surface area contributed by atoms with Gasteiger partial charge in [0.1, 0.15) is 0 Å². The number of aryl methyl sites for hydroxylation is 1. The van der Waals surface area contributed by atoms with Crippen molar-refractivity contribution in [3.05, 3.63) is 34.9 Å². The Morgan fingerprint density at radius 2 is 1.81 bits per heavy atom. The topological polar surface area (TPSA) is 0 Å². The van der Waals surface area contributed by atoms with Crippen LogP contribution in [0, 0.1) is 0 Å². The number of fused-ring (bicyclic) bond motifs is 1. The monoisotopic (exact) mass is 214 g/mol. The van der Waals surface area contributed by atoms with Gasteiger partial charge in [-0.05, 0) is 54.2 Å². The highest BCUT2D eigenvalue weighted by Gasteiger charge is 2.21. The molecule has 0 saturated heterocycles. The van der Waals surface area contributed by atoms with Gasteiger partial charge in [0.05, 0.1) is 0 Å². The molecule has 0 aromatic heterocycles. The summed E-state index contributed by atoms with van der Waals surface area (Å²) in [5.41, 5.74) is 4.91. The fourth-order valence-corrected chi connectivity index (χ4v) is 3.54. The lowest BCUT2D eigenvalue weighted by molar-refractivity contribution is 0.443. The van der Waals surface area contributed by atoms with Crippen LogP contribution >= 0.6 is 0 Å². The summed E-state index contributed by atoms with van der Waals surface area (Å²) in [4.78, 5) is 0. The first-order valence-corrected chi connectivity index (χ1v) is 6.97. The van der Waals surface area contributed by atoms with Crippen molar-refractivity contribution in [3.63, 3.8) is 0 Å². The van der Waals surface area contributed by atoms with Crippen molar-refractivity contribution < 1.29 is 0 Å². The molecule has 0 spiro atoms. The SMILES string of the molecule is CC1CCc2cc(C3CCCCC3)ccc21. The van der Waals surface area contributed by atoms with E-state index < -0.39 is 0 Å². The van der Waals surface area contributed by atoms with E-state index in [2.05, 4.69) is 25.1 Å². The van der Waals surface area contributed by atoms with E-state index in [0.717, 1.165) is 11.8 Å². The second-order valence-corrected chi connectivity index (χ2v) is 5.73. The van der Waals surface area contributed by atoms with Crippen molar-refractivity contribution in [1.29, 1.82) is 0 Å². The van der Waals surface area contributed by atoms with Crippen LogP contribution in [-0.2, 0) is 6.42 Å². The van der Waals surface area contributed by atoms with Crippen LogP contribution in [0.2, 0.25) is 0 Å². The van der Waals surface area contributed by atoms with E-state index in [0.29, 0.717) is 0 Å². The van der Waals surface area contributed by atoms with E-state index in [1.165, 1.54) is 44.9 Å². The third-order valence-electron chi connectivity index (χ3n) is 4.62. The Hall–Kier alpha value is -0.780. The molecule has 86 valence electrons. The van der Waals surface area contributed by atoms with Crippen molar-refractivity contribution in [2.75, 3.05) is 0 Å². The Morgan fingerprint density at radius 1 is 1.00 bits per heavy atom. The molecular formula is C16H22. The zero-order valence-corrected chi connectivity index (χ0v) is 10.3. The van der Waals surface area contributed by atoms with Gasteiger partial charge in [-0.15, -0.1) is 0 Å². The average molecular weight is 214 g/mol. The van der Waals surface area contributed by atoms with Crippen LogP contribution in [0.3, 0.4) is 0 Å². The summed E-state index contributed by atoms with van der Waals surface area (Å²) in [5, 5.41) is 0. The molecule has 0 heterocycles. The van der Waals surface area contributed by atoms with Gasteiger partial charge in [-0.2, -0.15) is 0 Å². The van der Waals surface area contributed by atoms with Crippen molar-refractivity contribution in [1.82, 2.24) is 0 Å². The lowest BCUT2D eigenvalue weighted by Gasteiger charge is -2.22. The second kappa shape index (κ2) is 4.24. The van der Waals surface area contributed by atoms with E-state index in [4.69, 9.17) is 0 Å². The Kier molecular flexibility index (Phi) is 2.75. The van der Waals surface area contributed by atoms with Crippen molar-refractivity contribution in [2.45, 2.75) is 63.7 Å². The zero-order chi connectivity index (χ0) is 11.0. The fourth-order valence-electron chi connectivity index (χ4n) is 3.54. The van der Waals surface area contributed by atoms with Crippen LogP contribution in [0.5, 0.6) is 0 Å². The molecule has 0 N–H and O–H groups in total. The molecule has 2 aliphatic carbocycles. The summed E-state index contributed by atoms with van der Waals surface area (Å²) in [6.45, 7) is 2.37. The largest absolute Gasteiger partial charge is 0.0585 e. The van der Waals surface area contributed by atoms with Crippen LogP contribution in [-0.4, -0.2) is 0 Å². The molecule has 0 heteroatoms. The molecule has 3 rings (SSSR count). The lowest BCUT2D eigenvalue weighted by Crippen LogP contribution is -2.05. The Morgan fingerprint density at radius 3 is 2.62 bits per heavy atom. The first-order chi connectivity index (χ1) is 7.84. The molecule has 1 atom stereocenters. The molecule has 1 aromatic carbocycles. The molecule has 0 amide bonds. The normalized spacial score (nSPS) is 25.7. The quantitative estimate of drug-likeness (QED) is 0.631. The molecule has 0 bridgehead atoms. The van der Waals surface area contributed by atoms with E-state index in [9.17, 15) is 0 Å². The minimum atomic E-state index is 0.801. The van der Waals surface area contributed by atoms with Crippen LogP contribution in [0.1, 0.15) is 74.0 Å². The zero-order valence-electron chi connectivity index (χ0n) is 10.3. The maximum atomic E-state index is 2.52. The van der Waals surface area contributed by atoms with Crippen molar-refractivity contribution in [2.24, 2.45) is 0 Å². The van der Waals surface area contributed by atoms with Gasteiger partial charge in [0, 0.05) is 0 Å². The third kappa shape index (κ3) is 1.79. The first-order valence-electron chi connectivity index (χ1n) is 6.97. The van der Waals surface area contributed by atoms with Crippen molar-refractivity contribution in [3.8, 4) is 0 Å². The molecule has 1 fully saturated rings. The fraction of sp³-hybridized carbons (Fsp3) is 0.625. The van der Waals surface area contributed by atoms with Gasteiger partial charge < -0.3 is 0 Å². The predicted octanol–water partition coefficient (Wildman–Crippen LogP) is 4.78. The second-order valence-electron chi connectivity index (χ2n) is 5.73. The highest BCUT2D eigenvalue weighted by Crippen LogP contribution is 2.37. The Bertz CT molecular complexity index is 372. The van der Waals surface area contributed by atoms with Gasteiger partial charge >= 0.3 is 0 Å². The minimum absolute atomic E-state index is 0.801. The summed E-state index contributed by atoms with van der Waals surface area (Å²) in [7, 11) is 0. The minimum Gasteiger partial charge on any atom is -0.0585 e. The summed E-state index contributed by atoms with van der Waals surface area (Å²) in [6.07, 6.45) is 9.87. The highest BCUT2D eigenvalue weighted by molar-refractivity contribution is 5.39. The van der Waals surface area contributed by atoms with Crippen LogP contribution in [0.4, 0.5) is 0 Å². The Labute approximate surface area is 99.1 Å². The highest BCUT2D eigenvalue weighted by atomic mass is 14.3. The standard InChI is InChI=1S/C16H22/c1-12-7-8-15-11-14(9-10-16(12)15)13-5-3-2-4-6-13/h9-13H,2-8H2,1H3. The summed E-state index contributed by atoms with van der Waals surface area (Å²) < 4.78 is 0. The number of rotatable bonds is 1. The van der Waals surface area contributed by atoms with Crippen LogP contribution < -0.4 is 0 Å². The molecule has 0 nitrogen and oxygen atoms in total. The summed E-state index contributed by atoms with van der Waals surface area (Å²) >= 11 is 0. The molecule has 16 heavy (non-hydrogen) atoms. The molecule has 1 unspecified atom stereocenters. The molecular weight excluding hydrogens is 192 g/mol. The molecule has 0 radical (unpaired) electrons. The number of benzene rings is 1.